The second-order valence-corrected chi connectivity index (χ2v) is 4.26. The number of nitrogens with two attached hydrogens (primary N) is 1. The molecule has 0 spiro atoms. The monoisotopic (exact) mass is 251 g/mol. The summed E-state index contributed by atoms with van der Waals surface area (Å²) in [5.41, 5.74) is 6.70. The molecule has 0 heterocycles. The third-order valence-electron chi connectivity index (χ3n) is 2.83. The predicted octanol–water partition coefficient (Wildman–Crippen LogP) is 0.370. The first-order chi connectivity index (χ1) is 8.54. The number of aliphatic hydroxyl groups is 1. The number of hydrogen-bond donors (Lipinski definition) is 3. The lowest BCUT2D eigenvalue weighted by Crippen LogP contribution is -2.35. The van der Waals surface area contributed by atoms with Crippen LogP contribution in [0.15, 0.2) is 24.3 Å². The summed E-state index contributed by atoms with van der Waals surface area (Å²) in [6, 6.07) is 6.63. The zero-order valence-corrected chi connectivity index (χ0v) is 10.9. The molecule has 1 amide bonds. The Morgan fingerprint density at radius 1 is 1.44 bits per heavy atom. The number of likely N-dealkylation sites (N-methyl/N-ethyl adjacent to an activating group) is 1. The number of aliphatic hydroxyl groups excluding tert-OH is 1. The molecule has 0 bridgehead atoms. The fourth-order valence-corrected chi connectivity index (χ4v) is 1.45. The van der Waals surface area contributed by atoms with Crippen LogP contribution in [0.3, 0.4) is 0 Å². The van der Waals surface area contributed by atoms with Crippen molar-refractivity contribution in [2.45, 2.75) is 13.0 Å². The average molecular weight is 251 g/mol. The smallest absolute Gasteiger partial charge is 0.253 e. The number of amides is 1. The van der Waals surface area contributed by atoms with Gasteiger partial charge in [-0.05, 0) is 31.3 Å². The van der Waals surface area contributed by atoms with Crippen LogP contribution in [-0.4, -0.2) is 42.6 Å². The van der Waals surface area contributed by atoms with Crippen LogP contribution in [0, 0.1) is 0 Å². The molecule has 0 fully saturated rings. The normalized spacial score (nSPS) is 12.4. The highest BCUT2D eigenvalue weighted by Gasteiger charge is 2.16. The van der Waals surface area contributed by atoms with Gasteiger partial charge in [0.25, 0.3) is 5.91 Å². The van der Waals surface area contributed by atoms with E-state index in [1.54, 1.807) is 24.3 Å². The third kappa shape index (κ3) is 4.35. The van der Waals surface area contributed by atoms with Gasteiger partial charge in [0.15, 0.2) is 6.10 Å². The van der Waals surface area contributed by atoms with Crippen LogP contribution >= 0.6 is 0 Å². The van der Waals surface area contributed by atoms with Gasteiger partial charge in [0.2, 0.25) is 0 Å². The number of rotatable bonds is 6. The van der Waals surface area contributed by atoms with Crippen molar-refractivity contribution in [1.29, 1.82) is 0 Å². The van der Waals surface area contributed by atoms with Gasteiger partial charge in [-0.3, -0.25) is 4.79 Å². The third-order valence-corrected chi connectivity index (χ3v) is 2.83. The van der Waals surface area contributed by atoms with E-state index < -0.39 is 6.10 Å². The summed E-state index contributed by atoms with van der Waals surface area (Å²) in [6.07, 6.45) is -1.14. The first kappa shape index (κ1) is 14.5. The van der Waals surface area contributed by atoms with Gasteiger partial charge < -0.3 is 21.1 Å². The van der Waals surface area contributed by atoms with Gasteiger partial charge in [0.05, 0.1) is 0 Å². The fourth-order valence-electron chi connectivity index (χ4n) is 1.45. The van der Waals surface area contributed by atoms with E-state index in [4.69, 9.17) is 5.73 Å². The number of carbonyl (C=O) groups is 1. The van der Waals surface area contributed by atoms with Gasteiger partial charge in [-0.2, -0.15) is 0 Å². The van der Waals surface area contributed by atoms with Crippen molar-refractivity contribution in [3.05, 3.63) is 29.8 Å². The minimum atomic E-state index is -1.14. The van der Waals surface area contributed by atoms with Gasteiger partial charge in [-0.1, -0.05) is 19.1 Å². The summed E-state index contributed by atoms with van der Waals surface area (Å²) in [5, 5.41) is 12.5. The Bertz CT molecular complexity index is 378. The predicted molar refractivity (Wildman–Crippen MR) is 72.0 cm³/mol. The second kappa shape index (κ2) is 6.98. The largest absolute Gasteiger partial charge is 0.399 e. The lowest BCUT2D eigenvalue weighted by molar-refractivity contribution is -0.129. The van der Waals surface area contributed by atoms with Crippen LogP contribution in [-0.2, 0) is 4.79 Å². The van der Waals surface area contributed by atoms with Gasteiger partial charge in [-0.25, -0.2) is 0 Å². The summed E-state index contributed by atoms with van der Waals surface area (Å²) in [6.45, 7) is 4.26. The molecule has 100 valence electrons. The maximum absolute atomic E-state index is 11.7. The summed E-state index contributed by atoms with van der Waals surface area (Å²) in [5.74, 6) is -0.385. The molecule has 5 nitrogen and oxygen atoms in total. The highest BCUT2D eigenvalue weighted by atomic mass is 16.3. The van der Waals surface area contributed by atoms with Crippen molar-refractivity contribution in [2.75, 3.05) is 32.4 Å². The minimum Gasteiger partial charge on any atom is -0.399 e. The Balaban J connectivity index is 2.44. The Labute approximate surface area is 108 Å². The Kier molecular flexibility index (Phi) is 5.61. The number of nitrogens with zero attached hydrogens (tertiary/aromatic N) is 1. The van der Waals surface area contributed by atoms with Gasteiger partial charge >= 0.3 is 0 Å². The van der Waals surface area contributed by atoms with Crippen LogP contribution in [0.5, 0.6) is 0 Å². The SMILES string of the molecule is CCN(C)CCNC(=O)C(O)c1ccc(N)cc1. The van der Waals surface area contributed by atoms with Crippen molar-refractivity contribution in [1.82, 2.24) is 10.2 Å². The Morgan fingerprint density at radius 3 is 2.61 bits per heavy atom. The number of carbonyl (C=O) groups excluding carboxylic acids is 1. The van der Waals surface area contributed by atoms with E-state index in [0.717, 1.165) is 13.1 Å². The quantitative estimate of drug-likeness (QED) is 0.638. The summed E-state index contributed by atoms with van der Waals surface area (Å²) in [4.78, 5) is 13.8. The topological polar surface area (TPSA) is 78.6 Å². The molecule has 1 rings (SSSR count). The van der Waals surface area contributed by atoms with Crippen molar-refractivity contribution in [2.24, 2.45) is 0 Å². The first-order valence-corrected chi connectivity index (χ1v) is 6.04. The molecule has 4 N–H and O–H groups in total. The molecule has 1 unspecified atom stereocenters. The van der Waals surface area contributed by atoms with Crippen molar-refractivity contribution < 1.29 is 9.90 Å². The summed E-state index contributed by atoms with van der Waals surface area (Å²) < 4.78 is 0. The number of anilines is 1. The molecular formula is C13H21N3O2. The van der Waals surface area contributed by atoms with E-state index in [2.05, 4.69) is 10.2 Å². The lowest BCUT2D eigenvalue weighted by Gasteiger charge is -2.16. The zero-order chi connectivity index (χ0) is 13.5. The molecule has 1 aromatic rings. The minimum absolute atomic E-state index is 0.385. The molecule has 1 aromatic carbocycles. The van der Waals surface area contributed by atoms with Gasteiger partial charge in [-0.15, -0.1) is 0 Å². The number of nitrogen functional groups attached to an aromatic ring is 1. The molecule has 1 atom stereocenters. The summed E-state index contributed by atoms with van der Waals surface area (Å²) in [7, 11) is 1.97. The average Bonchev–Trinajstić information content (AvgIpc) is 2.38. The number of hydrogen-bond acceptors (Lipinski definition) is 4. The van der Waals surface area contributed by atoms with E-state index >= 15 is 0 Å². The number of nitrogens with one attached hydrogen (secondary N) is 1. The van der Waals surface area contributed by atoms with Gasteiger partial charge in [0, 0.05) is 18.8 Å². The Morgan fingerprint density at radius 2 is 2.06 bits per heavy atom. The first-order valence-electron chi connectivity index (χ1n) is 6.04. The molecule has 0 radical (unpaired) electrons. The standard InChI is InChI=1S/C13H21N3O2/c1-3-16(2)9-8-15-13(18)12(17)10-4-6-11(14)7-5-10/h4-7,12,17H,3,8-9,14H2,1-2H3,(H,15,18). The van der Waals surface area contributed by atoms with Crippen molar-refractivity contribution >= 4 is 11.6 Å². The van der Waals surface area contributed by atoms with E-state index in [1.165, 1.54) is 0 Å². The van der Waals surface area contributed by atoms with E-state index in [1.807, 2.05) is 14.0 Å². The van der Waals surface area contributed by atoms with Crippen molar-refractivity contribution in [3.63, 3.8) is 0 Å². The van der Waals surface area contributed by atoms with Crippen LogP contribution in [0.1, 0.15) is 18.6 Å². The van der Waals surface area contributed by atoms with Crippen LogP contribution in [0.4, 0.5) is 5.69 Å². The number of benzene rings is 1. The van der Waals surface area contributed by atoms with E-state index in [-0.39, 0.29) is 5.91 Å². The maximum atomic E-state index is 11.7. The van der Waals surface area contributed by atoms with Gasteiger partial charge in [0.1, 0.15) is 0 Å². The van der Waals surface area contributed by atoms with Crippen LogP contribution in [0.25, 0.3) is 0 Å². The molecule has 0 aliphatic rings. The molecule has 5 heteroatoms. The molecule has 0 aliphatic heterocycles. The molecule has 0 saturated carbocycles. The van der Waals surface area contributed by atoms with Crippen LogP contribution in [0.2, 0.25) is 0 Å². The van der Waals surface area contributed by atoms with E-state index in [0.29, 0.717) is 17.8 Å². The van der Waals surface area contributed by atoms with Crippen molar-refractivity contribution in [3.8, 4) is 0 Å². The zero-order valence-electron chi connectivity index (χ0n) is 10.9. The molecule has 0 saturated heterocycles. The molecular weight excluding hydrogens is 230 g/mol. The molecule has 0 aromatic heterocycles. The lowest BCUT2D eigenvalue weighted by atomic mass is 10.1. The van der Waals surface area contributed by atoms with Crippen LogP contribution < -0.4 is 11.1 Å². The highest BCUT2D eigenvalue weighted by Crippen LogP contribution is 2.14. The highest BCUT2D eigenvalue weighted by molar-refractivity contribution is 5.81. The van der Waals surface area contributed by atoms with E-state index in [9.17, 15) is 9.90 Å². The Hall–Kier alpha value is -1.59. The molecule has 18 heavy (non-hydrogen) atoms. The summed E-state index contributed by atoms with van der Waals surface area (Å²) >= 11 is 0. The second-order valence-electron chi connectivity index (χ2n) is 4.26. The maximum Gasteiger partial charge on any atom is 0.253 e. The fraction of sp³-hybridized carbons (Fsp3) is 0.462. The molecule has 0 aliphatic carbocycles.